The van der Waals surface area contributed by atoms with Crippen molar-refractivity contribution in [3.8, 4) is 0 Å². The van der Waals surface area contributed by atoms with Gasteiger partial charge in [-0.3, -0.25) is 19.3 Å². The average molecular weight is 495 g/mol. The van der Waals surface area contributed by atoms with Gasteiger partial charge in [0.25, 0.3) is 0 Å². The second kappa shape index (κ2) is 10.7. The first-order chi connectivity index (χ1) is 16.8. The molecule has 4 heterocycles. The standard InChI is InChI=1S/C25H42N4O6/c1-17-16-25-19(18(21(31)26-3)24(17,2)35-25)23(33)29(9-6-4-5-7-13-30)20(25)22(32)27-8-10-28-11-14-34-15-12-28/h17-20,30H,4-16H2,1-3H3,(H,26,31)(H,27,32)/t17?,18-,19+,20?,24+,25?/m1/s1. The van der Waals surface area contributed by atoms with Crippen LogP contribution in [0, 0.1) is 17.8 Å². The Hall–Kier alpha value is -1.75. The molecule has 1 spiro atoms. The molecule has 35 heavy (non-hydrogen) atoms. The lowest BCUT2D eigenvalue weighted by Gasteiger charge is -2.36. The molecular formula is C25H42N4O6. The molecule has 10 heteroatoms. The summed E-state index contributed by atoms with van der Waals surface area (Å²) in [5, 5.41) is 14.9. The number of carbonyl (C=O) groups is 3. The van der Waals surface area contributed by atoms with Gasteiger partial charge in [-0.05, 0) is 32.1 Å². The van der Waals surface area contributed by atoms with Crippen LogP contribution in [-0.4, -0.2) is 109 Å². The van der Waals surface area contributed by atoms with E-state index in [9.17, 15) is 14.4 Å². The van der Waals surface area contributed by atoms with E-state index in [1.54, 1.807) is 11.9 Å². The predicted molar refractivity (Wildman–Crippen MR) is 128 cm³/mol. The SMILES string of the molecule is CNC(=O)[C@H]1[C@H]2C(=O)N(CCCCCCO)C(C(=O)NCCN3CCOCC3)C23CC(C)[C@]1(C)O3. The number of nitrogens with zero attached hydrogens (tertiary/aromatic N) is 2. The summed E-state index contributed by atoms with van der Waals surface area (Å²) in [6, 6.07) is -0.749. The van der Waals surface area contributed by atoms with Gasteiger partial charge in [-0.1, -0.05) is 19.8 Å². The molecule has 6 atom stereocenters. The highest BCUT2D eigenvalue weighted by molar-refractivity contribution is 5.99. The normalized spacial score (nSPS) is 36.5. The number of morpholine rings is 1. The summed E-state index contributed by atoms with van der Waals surface area (Å²) in [6.45, 7) is 8.87. The summed E-state index contributed by atoms with van der Waals surface area (Å²) in [7, 11) is 1.59. The number of likely N-dealkylation sites (tertiary alicyclic amines) is 1. The van der Waals surface area contributed by atoms with Gasteiger partial charge in [-0.15, -0.1) is 0 Å². The summed E-state index contributed by atoms with van der Waals surface area (Å²) >= 11 is 0. The van der Waals surface area contributed by atoms with Crippen LogP contribution < -0.4 is 10.6 Å². The molecule has 0 saturated carbocycles. The maximum absolute atomic E-state index is 13.8. The predicted octanol–water partition coefficient (Wildman–Crippen LogP) is -0.256. The number of nitrogens with one attached hydrogen (secondary N) is 2. The lowest BCUT2D eigenvalue weighted by molar-refractivity contribution is -0.147. The first-order valence-electron chi connectivity index (χ1n) is 13.2. The Labute approximate surface area is 208 Å². The minimum atomic E-state index is -0.990. The molecule has 4 saturated heterocycles. The number of hydrogen-bond acceptors (Lipinski definition) is 7. The van der Waals surface area contributed by atoms with Crippen molar-refractivity contribution < 1.29 is 29.0 Å². The average Bonchev–Trinajstić information content (AvgIpc) is 3.36. The third kappa shape index (κ3) is 4.58. The van der Waals surface area contributed by atoms with Crippen molar-refractivity contribution >= 4 is 17.7 Å². The van der Waals surface area contributed by atoms with E-state index in [1.165, 1.54) is 0 Å². The summed E-state index contributed by atoms with van der Waals surface area (Å²) in [5.41, 5.74) is -1.77. The fourth-order valence-electron chi connectivity index (χ4n) is 6.84. The van der Waals surface area contributed by atoms with Gasteiger partial charge < -0.3 is 30.1 Å². The van der Waals surface area contributed by atoms with Crippen molar-refractivity contribution in [2.24, 2.45) is 17.8 Å². The van der Waals surface area contributed by atoms with E-state index in [0.29, 0.717) is 32.7 Å². The minimum absolute atomic E-state index is 0.0435. The number of fused-ring (bicyclic) bond motifs is 1. The zero-order valence-electron chi connectivity index (χ0n) is 21.4. The maximum atomic E-state index is 13.8. The topological polar surface area (TPSA) is 120 Å². The van der Waals surface area contributed by atoms with E-state index in [2.05, 4.69) is 22.5 Å². The number of hydrogen-bond donors (Lipinski definition) is 3. The Balaban J connectivity index is 1.54. The Morgan fingerprint density at radius 2 is 1.83 bits per heavy atom. The van der Waals surface area contributed by atoms with E-state index in [4.69, 9.17) is 14.6 Å². The number of rotatable bonds is 11. The zero-order valence-corrected chi connectivity index (χ0v) is 21.4. The maximum Gasteiger partial charge on any atom is 0.245 e. The van der Waals surface area contributed by atoms with Crippen molar-refractivity contribution in [1.82, 2.24) is 20.4 Å². The summed E-state index contributed by atoms with van der Waals surface area (Å²) in [4.78, 5) is 44.5. The van der Waals surface area contributed by atoms with E-state index in [0.717, 1.165) is 45.3 Å². The molecule has 4 rings (SSSR count). The number of ether oxygens (including phenoxy) is 2. The summed E-state index contributed by atoms with van der Waals surface area (Å²) < 4.78 is 12.0. The van der Waals surface area contributed by atoms with Crippen molar-refractivity contribution in [3.63, 3.8) is 0 Å². The van der Waals surface area contributed by atoms with Crippen LogP contribution in [0.3, 0.4) is 0 Å². The molecule has 0 radical (unpaired) electrons. The molecule has 4 aliphatic heterocycles. The number of amides is 3. The van der Waals surface area contributed by atoms with E-state index >= 15 is 0 Å². The van der Waals surface area contributed by atoms with Crippen molar-refractivity contribution in [2.45, 2.75) is 63.2 Å². The first kappa shape index (κ1) is 26.3. The highest BCUT2D eigenvalue weighted by Gasteiger charge is 2.79. The number of aliphatic hydroxyl groups is 1. The third-order valence-electron chi connectivity index (χ3n) is 8.73. The van der Waals surface area contributed by atoms with Crippen LogP contribution in [0.2, 0.25) is 0 Å². The third-order valence-corrected chi connectivity index (χ3v) is 8.73. The number of aliphatic hydroxyl groups excluding tert-OH is 1. The van der Waals surface area contributed by atoms with E-state index in [1.807, 2.05) is 6.92 Å². The molecule has 198 valence electrons. The Bertz CT molecular complexity index is 805. The highest BCUT2D eigenvalue weighted by Crippen LogP contribution is 2.65. The summed E-state index contributed by atoms with van der Waals surface area (Å²) in [6.07, 6.45) is 3.78. The van der Waals surface area contributed by atoms with E-state index in [-0.39, 0.29) is 30.2 Å². The van der Waals surface area contributed by atoms with Gasteiger partial charge in [-0.25, -0.2) is 0 Å². The molecular weight excluding hydrogens is 452 g/mol. The molecule has 0 aliphatic carbocycles. The quantitative estimate of drug-likeness (QED) is 0.339. The Morgan fingerprint density at radius 1 is 1.11 bits per heavy atom. The first-order valence-corrected chi connectivity index (χ1v) is 13.2. The second-order valence-corrected chi connectivity index (χ2v) is 10.7. The number of carbonyl (C=O) groups excluding carboxylic acids is 3. The summed E-state index contributed by atoms with van der Waals surface area (Å²) in [5.74, 6) is -1.77. The zero-order chi connectivity index (χ0) is 25.2. The molecule has 0 aromatic rings. The van der Waals surface area contributed by atoms with Crippen LogP contribution in [-0.2, 0) is 23.9 Å². The Kier molecular flexibility index (Phi) is 8.05. The van der Waals surface area contributed by atoms with Gasteiger partial charge in [0.15, 0.2) is 0 Å². The molecule has 4 fully saturated rings. The molecule has 10 nitrogen and oxygen atoms in total. The molecule has 2 bridgehead atoms. The van der Waals surface area contributed by atoms with E-state index < -0.39 is 29.1 Å². The monoisotopic (exact) mass is 494 g/mol. The van der Waals surface area contributed by atoms with Gasteiger partial charge in [0.1, 0.15) is 11.6 Å². The molecule has 4 aliphatic rings. The van der Waals surface area contributed by atoms with Gasteiger partial charge in [-0.2, -0.15) is 0 Å². The smallest absolute Gasteiger partial charge is 0.245 e. The van der Waals surface area contributed by atoms with Gasteiger partial charge in [0, 0.05) is 46.4 Å². The van der Waals surface area contributed by atoms with Gasteiger partial charge >= 0.3 is 0 Å². The lowest BCUT2D eigenvalue weighted by Crippen LogP contribution is -2.56. The highest BCUT2D eigenvalue weighted by atomic mass is 16.5. The fourth-order valence-corrected chi connectivity index (χ4v) is 6.84. The van der Waals surface area contributed by atoms with Crippen molar-refractivity contribution in [1.29, 1.82) is 0 Å². The van der Waals surface area contributed by atoms with Crippen molar-refractivity contribution in [2.75, 3.05) is 59.6 Å². The number of unbranched alkanes of at least 4 members (excludes halogenated alkanes) is 3. The van der Waals surface area contributed by atoms with Crippen LogP contribution in [0.25, 0.3) is 0 Å². The molecule has 0 aromatic heterocycles. The minimum Gasteiger partial charge on any atom is -0.396 e. The molecule has 0 aromatic carbocycles. The molecule has 3 amide bonds. The van der Waals surface area contributed by atoms with Crippen LogP contribution >= 0.6 is 0 Å². The Morgan fingerprint density at radius 3 is 2.51 bits per heavy atom. The van der Waals surface area contributed by atoms with Crippen LogP contribution in [0.4, 0.5) is 0 Å². The second-order valence-electron chi connectivity index (χ2n) is 10.7. The molecule has 3 unspecified atom stereocenters. The lowest BCUT2D eigenvalue weighted by atomic mass is 9.62. The van der Waals surface area contributed by atoms with Gasteiger partial charge in [0.2, 0.25) is 17.7 Å². The van der Waals surface area contributed by atoms with Gasteiger partial charge in [0.05, 0.1) is 30.7 Å². The van der Waals surface area contributed by atoms with Crippen LogP contribution in [0.5, 0.6) is 0 Å². The van der Waals surface area contributed by atoms with Crippen LogP contribution in [0.1, 0.15) is 46.0 Å². The largest absolute Gasteiger partial charge is 0.396 e. The fraction of sp³-hybridized carbons (Fsp3) is 0.880. The van der Waals surface area contributed by atoms with Crippen molar-refractivity contribution in [3.05, 3.63) is 0 Å². The van der Waals surface area contributed by atoms with Crippen LogP contribution in [0.15, 0.2) is 0 Å². The molecule has 3 N–H and O–H groups in total.